The lowest BCUT2D eigenvalue weighted by Crippen LogP contribution is -2.36. The number of rotatable bonds is 7. The molecule has 3 aromatic heterocycles. The number of aryl methyl sites for hydroxylation is 1. The van der Waals surface area contributed by atoms with Crippen molar-refractivity contribution in [3.05, 3.63) is 70.5 Å². The first-order valence-corrected chi connectivity index (χ1v) is 12.4. The first kappa shape index (κ1) is 22.6. The third kappa shape index (κ3) is 4.43. The van der Waals surface area contributed by atoms with E-state index in [0.29, 0.717) is 28.6 Å². The number of pyridine rings is 1. The van der Waals surface area contributed by atoms with Crippen LogP contribution >= 0.6 is 11.6 Å². The molecule has 5 aromatic rings. The summed E-state index contributed by atoms with van der Waals surface area (Å²) < 4.78 is 7.51. The van der Waals surface area contributed by atoms with E-state index in [4.69, 9.17) is 21.3 Å². The highest BCUT2D eigenvalue weighted by atomic mass is 35.5. The number of hydrogen-bond donors (Lipinski definition) is 3. The lowest BCUT2D eigenvalue weighted by atomic mass is 10.1. The molecule has 0 unspecified atom stereocenters. The number of fused-ring (bicyclic) bond motifs is 2. The summed E-state index contributed by atoms with van der Waals surface area (Å²) in [6.07, 6.45) is 6.36. The number of nitrogens with one attached hydrogen (secondary N) is 3. The van der Waals surface area contributed by atoms with Crippen molar-refractivity contribution in [1.82, 2.24) is 24.5 Å². The van der Waals surface area contributed by atoms with Gasteiger partial charge in [0, 0.05) is 54.7 Å². The number of aromatic amines is 2. The van der Waals surface area contributed by atoms with E-state index in [-0.39, 0.29) is 5.56 Å². The number of ether oxygens (including phenoxy) is 1. The van der Waals surface area contributed by atoms with Gasteiger partial charge in [-0.05, 0) is 42.8 Å². The summed E-state index contributed by atoms with van der Waals surface area (Å²) in [4.78, 5) is 30.9. The number of aromatic nitrogens is 5. The van der Waals surface area contributed by atoms with Crippen molar-refractivity contribution in [2.75, 3.05) is 43.1 Å². The van der Waals surface area contributed by atoms with Crippen LogP contribution in [0.2, 0.25) is 5.02 Å². The second-order valence-electron chi connectivity index (χ2n) is 8.86. The van der Waals surface area contributed by atoms with E-state index in [2.05, 4.69) is 37.3 Å². The normalized spacial score (nSPS) is 14.1. The Kier molecular flexibility index (Phi) is 6.08. The number of anilines is 2. The van der Waals surface area contributed by atoms with Gasteiger partial charge >= 0.3 is 0 Å². The zero-order valence-electron chi connectivity index (χ0n) is 19.6. The number of benzene rings is 2. The Morgan fingerprint density at radius 2 is 1.94 bits per heavy atom. The fourth-order valence-electron chi connectivity index (χ4n) is 4.70. The molecule has 0 atom stereocenters. The second-order valence-corrected chi connectivity index (χ2v) is 9.30. The predicted octanol–water partition coefficient (Wildman–Crippen LogP) is 4.26. The van der Waals surface area contributed by atoms with E-state index in [1.807, 2.05) is 29.0 Å². The van der Waals surface area contributed by atoms with Crippen molar-refractivity contribution in [1.29, 1.82) is 0 Å². The molecule has 6 rings (SSSR count). The molecule has 0 radical (unpaired) electrons. The van der Waals surface area contributed by atoms with Crippen molar-refractivity contribution in [3.8, 4) is 11.4 Å². The van der Waals surface area contributed by atoms with Gasteiger partial charge in [-0.2, -0.15) is 0 Å². The lowest BCUT2D eigenvalue weighted by Gasteiger charge is -2.28. The molecule has 9 nitrogen and oxygen atoms in total. The van der Waals surface area contributed by atoms with Gasteiger partial charge in [-0.15, -0.1) is 0 Å². The van der Waals surface area contributed by atoms with E-state index in [0.717, 1.165) is 66.9 Å². The molecule has 36 heavy (non-hydrogen) atoms. The fourth-order valence-corrected chi connectivity index (χ4v) is 4.87. The van der Waals surface area contributed by atoms with Gasteiger partial charge in [0.25, 0.3) is 5.56 Å². The Labute approximate surface area is 212 Å². The molecule has 0 aliphatic carbocycles. The standard InChI is InChI=1S/C26H26ClN7O2/c27-17-2-4-20-19(14-17)24(29-6-1-8-33-9-7-28-16-33)23(26(35)32-20)25-30-21-5-3-18(15-22(21)31-25)34-10-12-36-13-11-34/h2-5,7,9,14-16H,1,6,8,10-13H2,(H,30,31)(H2,29,32,35). The topological polar surface area (TPSA) is 104 Å². The van der Waals surface area contributed by atoms with Gasteiger partial charge in [0.1, 0.15) is 11.4 Å². The Bertz CT molecular complexity index is 1570. The summed E-state index contributed by atoms with van der Waals surface area (Å²) in [6, 6.07) is 11.6. The second kappa shape index (κ2) is 9.67. The van der Waals surface area contributed by atoms with Crippen LogP contribution in [0.5, 0.6) is 0 Å². The molecule has 0 saturated carbocycles. The van der Waals surface area contributed by atoms with E-state index in [9.17, 15) is 4.79 Å². The maximum Gasteiger partial charge on any atom is 0.261 e. The van der Waals surface area contributed by atoms with Crippen LogP contribution in [0.15, 0.2) is 59.9 Å². The fraction of sp³-hybridized carbons (Fsp3) is 0.269. The molecular weight excluding hydrogens is 478 g/mol. The maximum atomic E-state index is 13.3. The summed E-state index contributed by atoms with van der Waals surface area (Å²) >= 11 is 6.35. The van der Waals surface area contributed by atoms with Crippen LogP contribution in [0.4, 0.5) is 11.4 Å². The van der Waals surface area contributed by atoms with E-state index >= 15 is 0 Å². The van der Waals surface area contributed by atoms with Crippen LogP contribution in [0, 0.1) is 0 Å². The van der Waals surface area contributed by atoms with Crippen LogP contribution < -0.4 is 15.8 Å². The maximum absolute atomic E-state index is 13.3. The average Bonchev–Trinajstić information content (AvgIpc) is 3.56. The molecule has 10 heteroatoms. The Morgan fingerprint density at radius 3 is 2.78 bits per heavy atom. The summed E-state index contributed by atoms with van der Waals surface area (Å²) in [5, 5.41) is 4.94. The van der Waals surface area contributed by atoms with E-state index in [1.165, 1.54) is 0 Å². The van der Waals surface area contributed by atoms with Crippen LogP contribution in [0.25, 0.3) is 33.3 Å². The number of imidazole rings is 2. The van der Waals surface area contributed by atoms with Crippen LogP contribution in [-0.2, 0) is 11.3 Å². The van der Waals surface area contributed by atoms with Crippen molar-refractivity contribution in [3.63, 3.8) is 0 Å². The molecule has 0 bridgehead atoms. The third-order valence-electron chi connectivity index (χ3n) is 6.51. The predicted molar refractivity (Wildman–Crippen MR) is 143 cm³/mol. The highest BCUT2D eigenvalue weighted by Crippen LogP contribution is 2.33. The average molecular weight is 504 g/mol. The number of halogens is 1. The molecular formula is C26H26ClN7O2. The Balaban J connectivity index is 1.38. The van der Waals surface area contributed by atoms with Crippen molar-refractivity contribution in [2.24, 2.45) is 0 Å². The van der Waals surface area contributed by atoms with Gasteiger partial charge in [0.05, 0.1) is 41.8 Å². The molecule has 3 N–H and O–H groups in total. The quantitative estimate of drug-likeness (QED) is 0.287. The lowest BCUT2D eigenvalue weighted by molar-refractivity contribution is 0.122. The molecule has 1 aliphatic rings. The van der Waals surface area contributed by atoms with Crippen molar-refractivity contribution in [2.45, 2.75) is 13.0 Å². The molecule has 2 aromatic carbocycles. The molecule has 184 valence electrons. The Hall–Kier alpha value is -3.82. The monoisotopic (exact) mass is 503 g/mol. The van der Waals surface area contributed by atoms with Crippen LogP contribution in [0.3, 0.4) is 0 Å². The zero-order chi connectivity index (χ0) is 24.5. The first-order chi connectivity index (χ1) is 17.7. The summed E-state index contributed by atoms with van der Waals surface area (Å²) in [6.45, 7) is 4.61. The molecule has 1 saturated heterocycles. The molecule has 0 amide bonds. The smallest absolute Gasteiger partial charge is 0.261 e. The molecule has 4 heterocycles. The molecule has 1 aliphatic heterocycles. The molecule has 1 fully saturated rings. The zero-order valence-corrected chi connectivity index (χ0v) is 20.4. The minimum Gasteiger partial charge on any atom is -0.384 e. The van der Waals surface area contributed by atoms with Gasteiger partial charge in [0.2, 0.25) is 0 Å². The minimum absolute atomic E-state index is 0.214. The summed E-state index contributed by atoms with van der Waals surface area (Å²) in [5.74, 6) is 0.518. The highest BCUT2D eigenvalue weighted by molar-refractivity contribution is 6.31. The summed E-state index contributed by atoms with van der Waals surface area (Å²) in [5.41, 5.74) is 4.47. The van der Waals surface area contributed by atoms with E-state index < -0.39 is 0 Å². The van der Waals surface area contributed by atoms with Crippen molar-refractivity contribution < 1.29 is 4.74 Å². The van der Waals surface area contributed by atoms with Gasteiger partial charge in [-0.1, -0.05) is 11.6 Å². The number of hydrogen-bond acceptors (Lipinski definition) is 6. The highest BCUT2D eigenvalue weighted by Gasteiger charge is 2.19. The number of nitrogens with zero attached hydrogens (tertiary/aromatic N) is 4. The third-order valence-corrected chi connectivity index (χ3v) is 6.75. The van der Waals surface area contributed by atoms with Gasteiger partial charge < -0.3 is 29.5 Å². The van der Waals surface area contributed by atoms with Crippen LogP contribution in [-0.4, -0.2) is 57.4 Å². The largest absolute Gasteiger partial charge is 0.384 e. The number of morpholine rings is 1. The van der Waals surface area contributed by atoms with Gasteiger partial charge in [-0.3, -0.25) is 4.79 Å². The van der Waals surface area contributed by atoms with Gasteiger partial charge in [0.15, 0.2) is 0 Å². The number of H-pyrrole nitrogens is 2. The molecule has 0 spiro atoms. The van der Waals surface area contributed by atoms with Crippen molar-refractivity contribution >= 4 is 44.9 Å². The Morgan fingerprint density at radius 1 is 1.08 bits per heavy atom. The van der Waals surface area contributed by atoms with Gasteiger partial charge in [-0.25, -0.2) is 9.97 Å². The SMILES string of the molecule is O=c1[nH]c2ccc(Cl)cc2c(NCCCn2ccnc2)c1-c1nc2cc(N3CCOCC3)ccc2[nH]1. The minimum atomic E-state index is -0.214. The first-order valence-electron chi connectivity index (χ1n) is 12.0. The van der Waals surface area contributed by atoms with E-state index in [1.54, 1.807) is 18.6 Å². The summed E-state index contributed by atoms with van der Waals surface area (Å²) in [7, 11) is 0. The van der Waals surface area contributed by atoms with Crippen LogP contribution in [0.1, 0.15) is 6.42 Å².